The molecule has 54 heavy (non-hydrogen) atoms. The Labute approximate surface area is 314 Å². The lowest BCUT2D eigenvalue weighted by molar-refractivity contribution is -0.137. The monoisotopic (exact) mass is 758 g/mol. The Morgan fingerprint density at radius 3 is 2.39 bits per heavy atom. The number of hydrogen-bond acceptors (Lipinski definition) is 6. The summed E-state index contributed by atoms with van der Waals surface area (Å²) in [6, 6.07) is 8.51. The topological polar surface area (TPSA) is 128 Å². The maximum absolute atomic E-state index is 14.7. The lowest BCUT2D eigenvalue weighted by atomic mass is 9.78. The molecule has 0 bridgehead atoms. The highest BCUT2D eigenvalue weighted by Gasteiger charge is 2.47. The minimum Gasteiger partial charge on any atom is -0.379 e. The van der Waals surface area contributed by atoms with E-state index in [0.717, 1.165) is 32.1 Å². The molecule has 296 valence electrons. The number of para-hydroxylation sites is 1. The molecule has 1 aromatic heterocycles. The van der Waals surface area contributed by atoms with Gasteiger partial charge >= 0.3 is 6.18 Å². The van der Waals surface area contributed by atoms with Gasteiger partial charge in [-0.05, 0) is 47.9 Å². The van der Waals surface area contributed by atoms with Crippen LogP contribution in [0.3, 0.4) is 0 Å². The van der Waals surface area contributed by atoms with Crippen LogP contribution in [0.25, 0.3) is 10.9 Å². The number of carbonyl (C=O) groups is 3. The van der Waals surface area contributed by atoms with E-state index in [1.165, 1.54) is 24.3 Å². The second-order valence-corrected chi connectivity index (χ2v) is 14.9. The summed E-state index contributed by atoms with van der Waals surface area (Å²) in [5.41, 5.74) is -1.11. The summed E-state index contributed by atoms with van der Waals surface area (Å²) >= 11 is 0. The number of H-pyrrole nitrogens is 1. The molecule has 0 spiro atoms. The number of rotatable bonds is 16. The number of fused-ring (bicyclic) bond motifs is 3. The molecule has 2 unspecified atom stereocenters. The predicted molar refractivity (Wildman–Crippen MR) is 199 cm³/mol. The molecule has 10 nitrogen and oxygen atoms in total. The van der Waals surface area contributed by atoms with Crippen LogP contribution in [0.4, 0.5) is 17.6 Å². The van der Waals surface area contributed by atoms with Gasteiger partial charge in [-0.2, -0.15) is 13.2 Å². The Morgan fingerprint density at radius 1 is 0.981 bits per heavy atom. The molecule has 1 saturated heterocycles. The number of halogens is 4. The maximum atomic E-state index is 14.7. The molecule has 0 radical (unpaired) electrons. The van der Waals surface area contributed by atoms with E-state index in [1.807, 2.05) is 20.8 Å². The van der Waals surface area contributed by atoms with Crippen molar-refractivity contribution < 1.29 is 36.7 Å². The number of ether oxygens (including phenoxy) is 1. The minimum atomic E-state index is -4.60. The van der Waals surface area contributed by atoms with Crippen molar-refractivity contribution in [1.29, 1.82) is 0 Å². The molecule has 5 rings (SSSR count). The average Bonchev–Trinajstić information content (AvgIpc) is 3.52. The van der Waals surface area contributed by atoms with Crippen molar-refractivity contribution in [3.63, 3.8) is 0 Å². The van der Waals surface area contributed by atoms with E-state index in [0.29, 0.717) is 49.4 Å². The van der Waals surface area contributed by atoms with E-state index in [4.69, 9.17) is 4.74 Å². The molecule has 2 aliphatic rings. The van der Waals surface area contributed by atoms with Crippen LogP contribution in [0.5, 0.6) is 0 Å². The largest absolute Gasteiger partial charge is 0.418 e. The fraction of sp³-hybridized carbons (Fsp3) is 0.575. The van der Waals surface area contributed by atoms with Gasteiger partial charge in [0.25, 0.3) is 0 Å². The number of hydrogen-bond donors (Lipinski definition) is 5. The molecule has 14 heteroatoms. The van der Waals surface area contributed by atoms with Crippen LogP contribution in [0, 0.1) is 17.7 Å². The molecule has 5 N–H and O–H groups in total. The van der Waals surface area contributed by atoms with Crippen molar-refractivity contribution in [3.05, 3.63) is 70.7 Å². The third kappa shape index (κ3) is 9.80. The van der Waals surface area contributed by atoms with Gasteiger partial charge in [0.15, 0.2) is 0 Å². The number of amides is 3. The standard InChI is InChI=1S/C40H54F4N6O4/c1-5-25(3)33(24-45-16-17-50-18-20-54-21-19-50)47-38(53)39(15-14-32-29(23-39)28-11-9-12-30(36(28)46-32)40(42,43)44)49-37(52)35(26(4)6-2)48-34(51)22-27-10-7-8-13-31(27)41/h7-13,25-26,33,35,45-46H,5-6,14-24H2,1-4H3,(H,47,53)(H,48,51)(H,49,52)/t25?,26?,33-,35+,39-/m1/s1. The first kappa shape index (κ1) is 41.2. The summed E-state index contributed by atoms with van der Waals surface area (Å²) in [4.78, 5) is 47.6. The maximum Gasteiger partial charge on any atom is 0.418 e. The highest BCUT2D eigenvalue weighted by molar-refractivity contribution is 5.97. The zero-order valence-electron chi connectivity index (χ0n) is 31.6. The molecule has 3 aromatic rings. The van der Waals surface area contributed by atoms with Crippen LogP contribution in [0.1, 0.15) is 69.3 Å². The van der Waals surface area contributed by atoms with E-state index in [-0.39, 0.29) is 54.6 Å². The van der Waals surface area contributed by atoms with Gasteiger partial charge in [0, 0.05) is 56.3 Å². The number of alkyl halides is 3. The Bertz CT molecular complexity index is 1760. The lowest BCUT2D eigenvalue weighted by Crippen LogP contribution is -2.66. The number of morpholine rings is 1. The van der Waals surface area contributed by atoms with Crippen LogP contribution in [0.15, 0.2) is 42.5 Å². The first-order chi connectivity index (χ1) is 25.8. The Kier molecular flexibility index (Phi) is 13.8. The van der Waals surface area contributed by atoms with E-state index in [2.05, 4.69) is 31.2 Å². The second-order valence-electron chi connectivity index (χ2n) is 14.9. The predicted octanol–water partition coefficient (Wildman–Crippen LogP) is 4.90. The van der Waals surface area contributed by atoms with E-state index < -0.39 is 46.9 Å². The molecule has 1 aliphatic carbocycles. The molecule has 2 heterocycles. The van der Waals surface area contributed by atoms with Gasteiger partial charge in [-0.3, -0.25) is 19.3 Å². The number of nitrogens with one attached hydrogen (secondary N) is 5. The highest BCUT2D eigenvalue weighted by Crippen LogP contribution is 2.40. The first-order valence-electron chi connectivity index (χ1n) is 19.1. The molecule has 3 amide bonds. The Morgan fingerprint density at radius 2 is 1.70 bits per heavy atom. The summed E-state index contributed by atoms with van der Waals surface area (Å²) in [6.45, 7) is 12.9. The molecule has 5 atom stereocenters. The van der Waals surface area contributed by atoms with Crippen LogP contribution in [0.2, 0.25) is 0 Å². The molecular weight excluding hydrogens is 704 g/mol. The number of aryl methyl sites for hydroxylation is 1. The van der Waals surface area contributed by atoms with Crippen molar-refractivity contribution >= 4 is 28.6 Å². The highest BCUT2D eigenvalue weighted by atomic mass is 19.4. The van der Waals surface area contributed by atoms with Crippen LogP contribution in [-0.2, 0) is 44.6 Å². The van der Waals surface area contributed by atoms with Crippen molar-refractivity contribution in [2.45, 2.75) is 90.0 Å². The average molecular weight is 759 g/mol. The summed E-state index contributed by atoms with van der Waals surface area (Å²) in [7, 11) is 0. The van der Waals surface area contributed by atoms with E-state index >= 15 is 0 Å². The summed E-state index contributed by atoms with van der Waals surface area (Å²) in [5, 5.41) is 12.9. The SMILES string of the molecule is CCC(C)[C@H](NC(=O)Cc1ccccc1F)C(=O)N[C@]1(C(=O)N[C@H](CNCCN2CCOCC2)C(C)CC)CCc2[nH]c3c(C(F)(F)F)cccc3c2C1. The smallest absolute Gasteiger partial charge is 0.379 e. The lowest BCUT2D eigenvalue weighted by Gasteiger charge is -2.40. The Balaban J connectivity index is 1.43. The van der Waals surface area contributed by atoms with Crippen LogP contribution in [-0.4, -0.2) is 91.2 Å². The van der Waals surface area contributed by atoms with Gasteiger partial charge in [0.2, 0.25) is 17.7 Å². The fourth-order valence-corrected chi connectivity index (χ4v) is 7.42. The normalized spacial score (nSPS) is 20.1. The van der Waals surface area contributed by atoms with Gasteiger partial charge in [-0.15, -0.1) is 0 Å². The van der Waals surface area contributed by atoms with E-state index in [9.17, 15) is 31.9 Å². The molecule has 1 aliphatic heterocycles. The number of benzene rings is 2. The zero-order valence-corrected chi connectivity index (χ0v) is 31.6. The second kappa shape index (κ2) is 18.1. The molecule has 1 fully saturated rings. The van der Waals surface area contributed by atoms with Gasteiger partial charge < -0.3 is 31.0 Å². The molecular formula is C40H54F4N6O4. The van der Waals surface area contributed by atoms with E-state index in [1.54, 1.807) is 19.1 Å². The first-order valence-corrected chi connectivity index (χ1v) is 19.1. The number of carbonyl (C=O) groups excluding carboxylic acids is 3. The summed E-state index contributed by atoms with van der Waals surface area (Å²) in [6.07, 6.45) is -3.35. The quantitative estimate of drug-likeness (QED) is 0.105. The van der Waals surface area contributed by atoms with Crippen LogP contribution < -0.4 is 21.3 Å². The zero-order chi connectivity index (χ0) is 39.0. The van der Waals surface area contributed by atoms with Gasteiger partial charge in [-0.1, -0.05) is 70.9 Å². The third-order valence-electron chi connectivity index (χ3n) is 11.3. The van der Waals surface area contributed by atoms with Gasteiger partial charge in [0.05, 0.1) is 30.7 Å². The van der Waals surface area contributed by atoms with Gasteiger partial charge in [-0.25, -0.2) is 4.39 Å². The minimum absolute atomic E-state index is 0.0580. The van der Waals surface area contributed by atoms with Crippen molar-refractivity contribution in [2.24, 2.45) is 11.8 Å². The number of aromatic nitrogens is 1. The summed E-state index contributed by atoms with van der Waals surface area (Å²) in [5.74, 6) is -2.43. The van der Waals surface area contributed by atoms with Crippen molar-refractivity contribution in [1.82, 2.24) is 31.2 Å². The number of nitrogens with zero attached hydrogens (tertiary/aromatic N) is 1. The molecule has 0 saturated carbocycles. The Hall–Kier alpha value is -4.01. The fourth-order valence-electron chi connectivity index (χ4n) is 7.42. The van der Waals surface area contributed by atoms with Crippen molar-refractivity contribution in [3.8, 4) is 0 Å². The summed E-state index contributed by atoms with van der Waals surface area (Å²) < 4.78 is 62.1. The van der Waals surface area contributed by atoms with Crippen LogP contribution >= 0.6 is 0 Å². The molecule has 2 aromatic carbocycles. The third-order valence-corrected chi connectivity index (χ3v) is 11.3. The van der Waals surface area contributed by atoms with Gasteiger partial charge in [0.1, 0.15) is 17.4 Å². The van der Waals surface area contributed by atoms with Crippen molar-refractivity contribution in [2.75, 3.05) is 45.9 Å². The number of aromatic amines is 1.